The predicted octanol–water partition coefficient (Wildman–Crippen LogP) is 3.34. The molecule has 0 bridgehead atoms. The highest BCUT2D eigenvalue weighted by molar-refractivity contribution is 6.04. The van der Waals surface area contributed by atoms with Crippen molar-refractivity contribution in [3.05, 3.63) is 65.2 Å². The molecule has 2 aromatic carbocycles. The molecule has 0 saturated heterocycles. The minimum Gasteiger partial charge on any atom is -0.494 e. The molecular weight excluding hydrogens is 342 g/mol. The molecule has 0 fully saturated rings. The lowest BCUT2D eigenvalue weighted by Gasteiger charge is -2.17. The average molecular weight is 360 g/mol. The average Bonchev–Trinajstić information content (AvgIpc) is 3.12. The van der Waals surface area contributed by atoms with Gasteiger partial charge in [0, 0.05) is 12.0 Å². The minimum atomic E-state index is -0.807. The lowest BCUT2D eigenvalue weighted by Crippen LogP contribution is -2.36. The molecule has 1 heterocycles. The molecule has 0 spiro atoms. The summed E-state index contributed by atoms with van der Waals surface area (Å²) in [6, 6.07) is 10.0. The van der Waals surface area contributed by atoms with Gasteiger partial charge in [-0.15, -0.1) is 0 Å². The zero-order valence-corrected chi connectivity index (χ0v) is 14.3. The smallest absolute Gasteiger partial charge is 0.264 e. The molecule has 1 N–H and O–H groups in total. The van der Waals surface area contributed by atoms with Gasteiger partial charge < -0.3 is 14.9 Å². The molecule has 7 heteroatoms. The van der Waals surface area contributed by atoms with E-state index in [-0.39, 0.29) is 23.9 Å². The summed E-state index contributed by atoms with van der Waals surface area (Å²) in [5.74, 6) is -1.11. The molecule has 0 aliphatic carbocycles. The molecule has 26 heavy (non-hydrogen) atoms. The van der Waals surface area contributed by atoms with Crippen LogP contribution in [0.15, 0.2) is 47.6 Å². The van der Waals surface area contributed by atoms with E-state index in [1.807, 2.05) is 0 Å². The molecule has 1 aliphatic heterocycles. The summed E-state index contributed by atoms with van der Waals surface area (Å²) >= 11 is 0. The SMILES string of the molecule is COc1ccc([C@H](C)NC(=O)[C@H]2CC(c3cccc(F)c3)=NO2)cc1F. The van der Waals surface area contributed by atoms with Gasteiger partial charge in [-0.05, 0) is 36.8 Å². The highest BCUT2D eigenvalue weighted by atomic mass is 19.1. The van der Waals surface area contributed by atoms with Gasteiger partial charge in [0.15, 0.2) is 11.6 Å². The largest absolute Gasteiger partial charge is 0.494 e. The predicted molar refractivity (Wildman–Crippen MR) is 91.9 cm³/mol. The molecule has 136 valence electrons. The first kappa shape index (κ1) is 17.8. The normalized spacial score (nSPS) is 17.2. The number of oxime groups is 1. The van der Waals surface area contributed by atoms with E-state index < -0.39 is 18.0 Å². The lowest BCUT2D eigenvalue weighted by molar-refractivity contribution is -0.131. The van der Waals surface area contributed by atoms with Crippen LogP contribution in [-0.2, 0) is 9.63 Å². The summed E-state index contributed by atoms with van der Waals surface area (Å²) in [5, 5.41) is 6.65. The van der Waals surface area contributed by atoms with Crippen LogP contribution in [0, 0.1) is 11.6 Å². The monoisotopic (exact) mass is 360 g/mol. The van der Waals surface area contributed by atoms with E-state index >= 15 is 0 Å². The van der Waals surface area contributed by atoms with Gasteiger partial charge in [0.25, 0.3) is 5.91 Å². The first-order chi connectivity index (χ1) is 12.5. The van der Waals surface area contributed by atoms with Gasteiger partial charge in [0.05, 0.1) is 18.9 Å². The quantitative estimate of drug-likeness (QED) is 0.890. The Labute approximate surface area is 149 Å². The third-order valence-corrected chi connectivity index (χ3v) is 4.15. The minimum absolute atomic E-state index is 0.138. The Kier molecular flexibility index (Phi) is 5.16. The fourth-order valence-corrected chi connectivity index (χ4v) is 2.70. The van der Waals surface area contributed by atoms with Crippen molar-refractivity contribution in [2.75, 3.05) is 7.11 Å². The van der Waals surface area contributed by atoms with Gasteiger partial charge in [0.1, 0.15) is 5.82 Å². The Bertz CT molecular complexity index is 854. The highest BCUT2D eigenvalue weighted by Gasteiger charge is 2.30. The molecule has 5 nitrogen and oxygen atoms in total. The van der Waals surface area contributed by atoms with Crippen LogP contribution in [0.1, 0.15) is 30.5 Å². The third kappa shape index (κ3) is 3.82. The first-order valence-corrected chi connectivity index (χ1v) is 8.10. The number of halogens is 2. The summed E-state index contributed by atoms with van der Waals surface area (Å²) in [7, 11) is 1.39. The van der Waals surface area contributed by atoms with Crippen LogP contribution in [-0.4, -0.2) is 24.8 Å². The Balaban J connectivity index is 1.61. The first-order valence-electron chi connectivity index (χ1n) is 8.10. The van der Waals surface area contributed by atoms with Crippen molar-refractivity contribution in [2.45, 2.75) is 25.5 Å². The second-order valence-corrected chi connectivity index (χ2v) is 5.97. The van der Waals surface area contributed by atoms with Gasteiger partial charge in [-0.2, -0.15) is 0 Å². The lowest BCUT2D eigenvalue weighted by atomic mass is 10.0. The van der Waals surface area contributed by atoms with Crippen molar-refractivity contribution in [3.63, 3.8) is 0 Å². The molecular formula is C19H18F2N2O3. The van der Waals surface area contributed by atoms with Gasteiger partial charge in [-0.25, -0.2) is 8.78 Å². The third-order valence-electron chi connectivity index (χ3n) is 4.15. The van der Waals surface area contributed by atoms with E-state index in [9.17, 15) is 13.6 Å². The number of rotatable bonds is 5. The van der Waals surface area contributed by atoms with Crippen LogP contribution in [0.25, 0.3) is 0 Å². The summed E-state index contributed by atoms with van der Waals surface area (Å²) in [6.07, 6.45) is -0.572. The topological polar surface area (TPSA) is 59.9 Å². The van der Waals surface area contributed by atoms with Gasteiger partial charge >= 0.3 is 0 Å². The zero-order valence-electron chi connectivity index (χ0n) is 14.3. The van der Waals surface area contributed by atoms with Crippen LogP contribution in [0.4, 0.5) is 8.78 Å². The summed E-state index contributed by atoms with van der Waals surface area (Å²) in [6.45, 7) is 1.74. The van der Waals surface area contributed by atoms with Gasteiger partial charge in [-0.3, -0.25) is 4.79 Å². The van der Waals surface area contributed by atoms with Crippen molar-refractivity contribution in [3.8, 4) is 5.75 Å². The number of hydrogen-bond donors (Lipinski definition) is 1. The van der Waals surface area contributed by atoms with Crippen molar-refractivity contribution in [2.24, 2.45) is 5.16 Å². The molecule has 3 rings (SSSR count). The second kappa shape index (κ2) is 7.51. The Morgan fingerprint density at radius 3 is 2.81 bits per heavy atom. The molecule has 0 saturated carbocycles. The zero-order chi connectivity index (χ0) is 18.7. The van der Waals surface area contributed by atoms with Crippen LogP contribution >= 0.6 is 0 Å². The van der Waals surface area contributed by atoms with Crippen LogP contribution in [0.3, 0.4) is 0 Å². The van der Waals surface area contributed by atoms with Gasteiger partial charge in [0.2, 0.25) is 6.10 Å². The number of methoxy groups -OCH3 is 1. The fourth-order valence-electron chi connectivity index (χ4n) is 2.70. The standard InChI is InChI=1S/C19H18F2N2O3/c1-11(12-6-7-17(25-2)15(21)9-12)22-19(24)18-10-16(23-26-18)13-4-3-5-14(20)8-13/h3-9,11,18H,10H2,1-2H3,(H,22,24)/t11-,18+/m0/s1. The number of nitrogens with one attached hydrogen (secondary N) is 1. The van der Waals surface area contributed by atoms with E-state index in [1.165, 1.54) is 31.4 Å². The summed E-state index contributed by atoms with van der Waals surface area (Å²) < 4.78 is 32.0. The molecule has 2 atom stereocenters. The van der Waals surface area contributed by atoms with Crippen molar-refractivity contribution in [1.29, 1.82) is 0 Å². The summed E-state index contributed by atoms with van der Waals surface area (Å²) in [4.78, 5) is 17.6. The van der Waals surface area contributed by atoms with Crippen molar-refractivity contribution >= 4 is 11.6 Å². The van der Waals surface area contributed by atoms with Crippen molar-refractivity contribution in [1.82, 2.24) is 5.32 Å². The van der Waals surface area contributed by atoms with E-state index in [1.54, 1.807) is 25.1 Å². The summed E-state index contributed by atoms with van der Waals surface area (Å²) in [5.41, 5.74) is 1.68. The Morgan fingerprint density at radius 2 is 2.12 bits per heavy atom. The number of carbonyl (C=O) groups is 1. The molecule has 2 aromatic rings. The molecule has 0 aromatic heterocycles. The Hall–Kier alpha value is -2.96. The highest BCUT2D eigenvalue weighted by Crippen LogP contribution is 2.23. The molecule has 1 aliphatic rings. The van der Waals surface area contributed by atoms with Crippen LogP contribution in [0.2, 0.25) is 0 Å². The maximum atomic E-state index is 13.8. The number of carbonyl (C=O) groups excluding carboxylic acids is 1. The number of ether oxygens (including phenoxy) is 1. The molecule has 0 radical (unpaired) electrons. The molecule has 0 unspecified atom stereocenters. The number of nitrogens with zero attached hydrogens (tertiary/aromatic N) is 1. The van der Waals surface area contributed by atoms with E-state index in [2.05, 4.69) is 10.5 Å². The van der Waals surface area contributed by atoms with Crippen molar-refractivity contribution < 1.29 is 23.1 Å². The van der Waals surface area contributed by atoms with Gasteiger partial charge in [-0.1, -0.05) is 23.4 Å². The maximum Gasteiger partial charge on any atom is 0.264 e. The van der Waals surface area contributed by atoms with E-state index in [0.29, 0.717) is 16.8 Å². The second-order valence-electron chi connectivity index (χ2n) is 5.97. The van der Waals surface area contributed by atoms with Crippen LogP contribution in [0.5, 0.6) is 5.75 Å². The maximum absolute atomic E-state index is 13.8. The Morgan fingerprint density at radius 1 is 1.31 bits per heavy atom. The molecule has 1 amide bonds. The fraction of sp³-hybridized carbons (Fsp3) is 0.263. The van der Waals surface area contributed by atoms with Crippen LogP contribution < -0.4 is 10.1 Å². The number of hydrogen-bond acceptors (Lipinski definition) is 4. The number of benzene rings is 2. The number of amides is 1. The van der Waals surface area contributed by atoms with E-state index in [0.717, 1.165) is 0 Å². The van der Waals surface area contributed by atoms with E-state index in [4.69, 9.17) is 9.57 Å².